The van der Waals surface area contributed by atoms with Crippen molar-refractivity contribution in [2.45, 2.75) is 26.7 Å². The van der Waals surface area contributed by atoms with Crippen molar-refractivity contribution in [3.05, 3.63) is 80.6 Å². The maximum atomic E-state index is 13.4. The zero-order valence-corrected chi connectivity index (χ0v) is 20.1. The van der Waals surface area contributed by atoms with Gasteiger partial charge in [0, 0.05) is 20.3 Å². The van der Waals surface area contributed by atoms with E-state index in [0.717, 1.165) is 38.7 Å². The van der Waals surface area contributed by atoms with Crippen molar-refractivity contribution in [2.75, 3.05) is 5.32 Å². The molecule has 2 amide bonds. The second kappa shape index (κ2) is 9.22. The lowest BCUT2D eigenvalue weighted by atomic mass is 10.0. The number of thiophene rings is 1. The molecular weight excluding hydrogens is 486 g/mol. The molecule has 0 saturated heterocycles. The number of aryl methyl sites for hydroxylation is 2. The second-order valence-corrected chi connectivity index (χ2v) is 9.66. The van der Waals surface area contributed by atoms with Crippen molar-refractivity contribution in [1.29, 1.82) is 0 Å². The highest BCUT2D eigenvalue weighted by Crippen LogP contribution is 2.32. The van der Waals surface area contributed by atoms with Crippen molar-refractivity contribution >= 4 is 55.0 Å². The Labute approximate surface area is 198 Å². The van der Waals surface area contributed by atoms with E-state index in [-0.39, 0.29) is 5.91 Å². The zero-order chi connectivity index (χ0) is 22.8. The molecule has 0 unspecified atom stereocenters. The molecule has 0 spiro atoms. The number of aromatic nitrogens is 1. The summed E-state index contributed by atoms with van der Waals surface area (Å²) in [7, 11) is 0. The van der Waals surface area contributed by atoms with Gasteiger partial charge < -0.3 is 11.1 Å². The van der Waals surface area contributed by atoms with Crippen LogP contribution in [-0.2, 0) is 6.42 Å². The molecule has 0 aliphatic rings. The van der Waals surface area contributed by atoms with E-state index in [1.807, 2.05) is 49.4 Å². The van der Waals surface area contributed by atoms with Gasteiger partial charge in [-0.3, -0.25) is 9.59 Å². The monoisotopic (exact) mass is 507 g/mol. The summed E-state index contributed by atoms with van der Waals surface area (Å²) in [5.41, 5.74) is 9.85. The van der Waals surface area contributed by atoms with Gasteiger partial charge in [-0.25, -0.2) is 4.98 Å². The number of amides is 2. The minimum atomic E-state index is -0.554. The molecule has 5 nitrogen and oxygen atoms in total. The highest BCUT2D eigenvalue weighted by atomic mass is 79.9. The van der Waals surface area contributed by atoms with Gasteiger partial charge in [-0.15, -0.1) is 11.3 Å². The Kier molecular flexibility index (Phi) is 6.39. The molecule has 162 valence electrons. The third-order valence-corrected chi connectivity index (χ3v) is 6.70. The fraction of sp³-hybridized carbons (Fsp3) is 0.160. The van der Waals surface area contributed by atoms with E-state index in [2.05, 4.69) is 28.2 Å². The number of anilines is 1. The molecule has 4 aromatic rings. The summed E-state index contributed by atoms with van der Waals surface area (Å²) in [6, 6.07) is 17.2. The standard InChI is InChI=1S/C25H22BrN3O2S/c1-3-5-17-12-20(23(27)30)25(32-17)29-24(31)19-13-22(15-7-4-6-14(2)10-15)28-21-9-8-16(26)11-18(19)21/h4,6-13H,3,5H2,1-2H3,(H2,27,30)(H,29,31). The largest absolute Gasteiger partial charge is 0.366 e. The normalized spacial score (nSPS) is 11.0. The van der Waals surface area contributed by atoms with Gasteiger partial charge in [-0.1, -0.05) is 53.0 Å². The summed E-state index contributed by atoms with van der Waals surface area (Å²) in [6.45, 7) is 4.08. The third kappa shape index (κ3) is 4.59. The number of carbonyl (C=O) groups is 2. The van der Waals surface area contributed by atoms with Crippen LogP contribution in [0.3, 0.4) is 0 Å². The highest BCUT2D eigenvalue weighted by molar-refractivity contribution is 9.10. The summed E-state index contributed by atoms with van der Waals surface area (Å²) >= 11 is 4.88. The quantitative estimate of drug-likeness (QED) is 0.319. The van der Waals surface area contributed by atoms with Crippen LogP contribution in [0.4, 0.5) is 5.00 Å². The molecule has 0 aliphatic heterocycles. The first-order valence-electron chi connectivity index (χ1n) is 10.3. The molecule has 2 heterocycles. The number of nitrogens with zero attached hydrogens (tertiary/aromatic N) is 1. The third-order valence-electron chi connectivity index (χ3n) is 5.10. The van der Waals surface area contributed by atoms with Gasteiger partial charge in [0.05, 0.1) is 22.3 Å². The fourth-order valence-electron chi connectivity index (χ4n) is 3.60. The molecule has 2 aromatic carbocycles. The number of nitrogens with one attached hydrogen (secondary N) is 1. The van der Waals surface area contributed by atoms with E-state index in [9.17, 15) is 9.59 Å². The van der Waals surface area contributed by atoms with Crippen LogP contribution in [0.15, 0.2) is 59.1 Å². The SMILES string of the molecule is CCCc1cc(C(N)=O)c(NC(=O)c2cc(-c3cccc(C)c3)nc3ccc(Br)cc23)s1. The lowest BCUT2D eigenvalue weighted by Crippen LogP contribution is -2.17. The first kappa shape index (κ1) is 22.2. The molecule has 7 heteroatoms. The summed E-state index contributed by atoms with van der Waals surface area (Å²) in [4.78, 5) is 31.2. The van der Waals surface area contributed by atoms with E-state index in [4.69, 9.17) is 10.7 Å². The van der Waals surface area contributed by atoms with Gasteiger partial charge in [0.25, 0.3) is 11.8 Å². The van der Waals surface area contributed by atoms with Crippen LogP contribution in [0.25, 0.3) is 22.2 Å². The molecule has 3 N–H and O–H groups in total. The van der Waals surface area contributed by atoms with Gasteiger partial charge in [0.2, 0.25) is 0 Å². The van der Waals surface area contributed by atoms with Crippen LogP contribution in [-0.4, -0.2) is 16.8 Å². The van der Waals surface area contributed by atoms with E-state index in [1.54, 1.807) is 12.1 Å². The van der Waals surface area contributed by atoms with Crippen LogP contribution >= 0.6 is 27.3 Å². The number of fused-ring (bicyclic) bond motifs is 1. The van der Waals surface area contributed by atoms with Crippen molar-refractivity contribution < 1.29 is 9.59 Å². The van der Waals surface area contributed by atoms with Crippen LogP contribution in [0.1, 0.15) is 44.5 Å². The molecule has 0 fully saturated rings. The summed E-state index contributed by atoms with van der Waals surface area (Å²) in [5.74, 6) is -0.863. The predicted molar refractivity (Wildman–Crippen MR) is 134 cm³/mol. The molecule has 0 saturated carbocycles. The number of nitrogens with two attached hydrogens (primary N) is 1. The second-order valence-electron chi connectivity index (χ2n) is 7.61. The van der Waals surface area contributed by atoms with E-state index < -0.39 is 5.91 Å². The number of primary amides is 1. The van der Waals surface area contributed by atoms with Crippen molar-refractivity contribution in [3.8, 4) is 11.3 Å². The summed E-state index contributed by atoms with van der Waals surface area (Å²) in [5, 5.41) is 4.12. The van der Waals surface area contributed by atoms with Gasteiger partial charge in [0.15, 0.2) is 0 Å². The van der Waals surface area contributed by atoms with E-state index >= 15 is 0 Å². The summed E-state index contributed by atoms with van der Waals surface area (Å²) in [6.07, 6.45) is 1.76. The maximum Gasteiger partial charge on any atom is 0.257 e. The lowest BCUT2D eigenvalue weighted by molar-refractivity contribution is 0.100. The van der Waals surface area contributed by atoms with Crippen LogP contribution < -0.4 is 11.1 Å². The Bertz CT molecular complexity index is 1350. The smallest absolute Gasteiger partial charge is 0.257 e. The molecule has 0 atom stereocenters. The number of hydrogen-bond acceptors (Lipinski definition) is 4. The number of carbonyl (C=O) groups excluding carboxylic acids is 2. The maximum absolute atomic E-state index is 13.4. The first-order chi connectivity index (χ1) is 15.4. The molecule has 32 heavy (non-hydrogen) atoms. The highest BCUT2D eigenvalue weighted by Gasteiger charge is 2.19. The average molecular weight is 508 g/mol. The fourth-order valence-corrected chi connectivity index (χ4v) is 5.12. The Hall–Kier alpha value is -3.03. The number of benzene rings is 2. The molecule has 0 bridgehead atoms. The lowest BCUT2D eigenvalue weighted by Gasteiger charge is -2.11. The van der Waals surface area contributed by atoms with Gasteiger partial charge >= 0.3 is 0 Å². The van der Waals surface area contributed by atoms with Crippen molar-refractivity contribution in [1.82, 2.24) is 4.98 Å². The topological polar surface area (TPSA) is 85.1 Å². The number of rotatable bonds is 6. The number of pyridine rings is 1. The Morgan fingerprint density at radius 2 is 1.91 bits per heavy atom. The molecule has 0 aliphatic carbocycles. The average Bonchev–Trinajstić information content (AvgIpc) is 3.15. The van der Waals surface area contributed by atoms with Crippen LogP contribution in [0.2, 0.25) is 0 Å². The minimum Gasteiger partial charge on any atom is -0.366 e. The van der Waals surface area contributed by atoms with Gasteiger partial charge in [-0.2, -0.15) is 0 Å². The van der Waals surface area contributed by atoms with E-state index in [1.165, 1.54) is 11.3 Å². The van der Waals surface area contributed by atoms with E-state index in [0.29, 0.717) is 27.3 Å². The molecular formula is C25H22BrN3O2S. The summed E-state index contributed by atoms with van der Waals surface area (Å²) < 4.78 is 0.850. The number of halogens is 1. The Balaban J connectivity index is 1.81. The van der Waals surface area contributed by atoms with Crippen LogP contribution in [0.5, 0.6) is 0 Å². The van der Waals surface area contributed by atoms with Gasteiger partial charge in [-0.05, 0) is 49.7 Å². The molecule has 0 radical (unpaired) electrons. The Morgan fingerprint density at radius 1 is 1.09 bits per heavy atom. The van der Waals surface area contributed by atoms with Crippen molar-refractivity contribution in [3.63, 3.8) is 0 Å². The molecule has 4 rings (SSSR count). The van der Waals surface area contributed by atoms with Gasteiger partial charge in [0.1, 0.15) is 5.00 Å². The zero-order valence-electron chi connectivity index (χ0n) is 17.7. The molecule has 2 aromatic heterocycles. The predicted octanol–water partition coefficient (Wildman–Crippen LogP) is 6.34. The van der Waals surface area contributed by atoms with Crippen molar-refractivity contribution in [2.24, 2.45) is 5.73 Å². The van der Waals surface area contributed by atoms with Crippen LogP contribution in [0, 0.1) is 6.92 Å². The number of hydrogen-bond donors (Lipinski definition) is 2. The first-order valence-corrected chi connectivity index (χ1v) is 11.9. The minimum absolute atomic E-state index is 0.309. The Morgan fingerprint density at radius 3 is 2.62 bits per heavy atom.